The fourth-order valence-electron chi connectivity index (χ4n) is 8.49. The standard InChI is InChI=1S/C49H38N4O/c1-30(51-48(32-18-8-5-9-19-32)52-47(50)31-16-6-4-7-17-31)33-26-43(46-36-22-12-15-25-44(36)54-45(46)27-33)53-41-24-14-11-21-35(41)38-28-40-37(29-42(38)53)34-20-10-13-23-39(34)49(40,2)3/h4-30H,1-3H3,(H2,50,51,52). The van der Waals surface area contributed by atoms with Crippen LogP contribution in [0.3, 0.4) is 0 Å². The summed E-state index contributed by atoms with van der Waals surface area (Å²) in [4.78, 5) is 10.2. The van der Waals surface area contributed by atoms with E-state index in [4.69, 9.17) is 20.1 Å². The van der Waals surface area contributed by atoms with Crippen molar-refractivity contribution in [3.05, 3.63) is 186 Å². The second-order valence-corrected chi connectivity index (χ2v) is 14.8. The molecule has 1 atom stereocenters. The normalized spacial score (nSPS) is 14.6. The predicted molar refractivity (Wildman–Crippen MR) is 224 cm³/mol. The van der Waals surface area contributed by atoms with Gasteiger partial charge in [0.1, 0.15) is 17.0 Å². The number of rotatable bonds is 5. The fraction of sp³-hybridized carbons (Fsp3) is 0.102. The van der Waals surface area contributed by atoms with Gasteiger partial charge in [-0.2, -0.15) is 0 Å². The van der Waals surface area contributed by atoms with Crippen LogP contribution >= 0.6 is 0 Å². The molecule has 9 aromatic rings. The lowest BCUT2D eigenvalue weighted by Gasteiger charge is -2.21. The van der Waals surface area contributed by atoms with Gasteiger partial charge in [0.15, 0.2) is 5.84 Å². The molecule has 1 unspecified atom stereocenters. The maximum absolute atomic E-state index is 6.66. The third-order valence-electron chi connectivity index (χ3n) is 11.2. The first-order chi connectivity index (χ1) is 26.4. The summed E-state index contributed by atoms with van der Waals surface area (Å²) in [6.07, 6.45) is 0. The zero-order chi connectivity index (χ0) is 36.6. The summed E-state index contributed by atoms with van der Waals surface area (Å²) < 4.78 is 9.09. The average Bonchev–Trinajstić information content (AvgIpc) is 3.82. The molecule has 0 fully saturated rings. The second-order valence-electron chi connectivity index (χ2n) is 14.8. The highest BCUT2D eigenvalue weighted by molar-refractivity contribution is 6.16. The van der Waals surface area contributed by atoms with Crippen LogP contribution in [0.2, 0.25) is 0 Å². The summed E-state index contributed by atoms with van der Waals surface area (Å²) in [6, 6.07) is 54.8. The number of amidine groups is 2. The van der Waals surface area contributed by atoms with Crippen molar-refractivity contribution >= 4 is 55.4 Å². The Morgan fingerprint density at radius 1 is 0.611 bits per heavy atom. The lowest BCUT2D eigenvalue weighted by molar-refractivity contribution is 0.661. The van der Waals surface area contributed by atoms with E-state index < -0.39 is 0 Å². The number of fused-ring (bicyclic) bond motifs is 9. The third kappa shape index (κ3) is 4.92. The molecule has 260 valence electrons. The molecule has 0 bridgehead atoms. The van der Waals surface area contributed by atoms with E-state index in [0.717, 1.165) is 55.3 Å². The number of hydrogen-bond acceptors (Lipinski definition) is 2. The third-order valence-corrected chi connectivity index (χ3v) is 11.2. The molecule has 5 heteroatoms. The summed E-state index contributed by atoms with van der Waals surface area (Å²) in [5, 5.41) is 4.61. The van der Waals surface area contributed by atoms with Crippen molar-refractivity contribution in [2.75, 3.05) is 0 Å². The lowest BCUT2D eigenvalue weighted by Crippen LogP contribution is -2.16. The Labute approximate surface area is 313 Å². The number of benzene rings is 7. The van der Waals surface area contributed by atoms with Gasteiger partial charge in [0.2, 0.25) is 0 Å². The Hall–Kier alpha value is -6.72. The van der Waals surface area contributed by atoms with Crippen LogP contribution in [0.1, 0.15) is 54.6 Å². The largest absolute Gasteiger partial charge is 0.456 e. The number of furan rings is 1. The van der Waals surface area contributed by atoms with Crippen molar-refractivity contribution in [1.82, 2.24) is 4.57 Å². The molecule has 7 aromatic carbocycles. The molecular formula is C49H38N4O. The molecule has 0 saturated carbocycles. The van der Waals surface area contributed by atoms with Crippen LogP contribution in [-0.2, 0) is 5.41 Å². The summed E-state index contributed by atoms with van der Waals surface area (Å²) in [5.41, 5.74) is 19.6. The quantitative estimate of drug-likeness (QED) is 0.144. The van der Waals surface area contributed by atoms with E-state index >= 15 is 0 Å². The average molecular weight is 699 g/mol. The van der Waals surface area contributed by atoms with Crippen LogP contribution in [0.15, 0.2) is 172 Å². The minimum Gasteiger partial charge on any atom is -0.456 e. The monoisotopic (exact) mass is 698 g/mol. The topological polar surface area (TPSA) is 68.8 Å². The molecule has 2 heterocycles. The smallest absolute Gasteiger partial charge is 0.157 e. The highest BCUT2D eigenvalue weighted by Gasteiger charge is 2.36. The SMILES string of the molecule is CC(N=C(N=C(N)c1ccccc1)c1ccccc1)c1cc(-n2c3ccccc3c3cc4c(cc32)-c2ccccc2C4(C)C)c2c(c1)oc1ccccc12. The molecule has 0 aliphatic heterocycles. The molecule has 10 rings (SSSR count). The first-order valence-electron chi connectivity index (χ1n) is 18.5. The summed E-state index contributed by atoms with van der Waals surface area (Å²) in [6.45, 7) is 6.80. The highest BCUT2D eigenvalue weighted by Crippen LogP contribution is 2.51. The first kappa shape index (κ1) is 32.0. The van der Waals surface area contributed by atoms with Gasteiger partial charge in [-0.15, -0.1) is 0 Å². The Morgan fingerprint density at radius 3 is 2.07 bits per heavy atom. The molecule has 0 spiro atoms. The molecule has 2 N–H and O–H groups in total. The van der Waals surface area contributed by atoms with Crippen molar-refractivity contribution in [3.63, 3.8) is 0 Å². The van der Waals surface area contributed by atoms with Crippen molar-refractivity contribution in [2.24, 2.45) is 15.7 Å². The highest BCUT2D eigenvalue weighted by atomic mass is 16.3. The van der Waals surface area contributed by atoms with Gasteiger partial charge >= 0.3 is 0 Å². The van der Waals surface area contributed by atoms with E-state index in [2.05, 4.69) is 110 Å². The molecule has 2 aromatic heterocycles. The van der Waals surface area contributed by atoms with Gasteiger partial charge in [-0.3, -0.25) is 4.99 Å². The van der Waals surface area contributed by atoms with Crippen LogP contribution in [0.25, 0.3) is 60.6 Å². The minimum atomic E-state index is -0.283. The fourth-order valence-corrected chi connectivity index (χ4v) is 8.49. The second kappa shape index (κ2) is 12.2. The van der Waals surface area contributed by atoms with E-state index in [1.54, 1.807) is 0 Å². The summed E-state index contributed by atoms with van der Waals surface area (Å²) in [5.74, 6) is 0.991. The Bertz CT molecular complexity index is 2980. The predicted octanol–water partition coefficient (Wildman–Crippen LogP) is 11.9. The van der Waals surface area contributed by atoms with Gasteiger partial charge in [0.25, 0.3) is 0 Å². The molecular weight excluding hydrogens is 661 g/mol. The number of hydrogen-bond donors (Lipinski definition) is 1. The molecule has 5 nitrogen and oxygen atoms in total. The Kier molecular flexibility index (Phi) is 7.21. The number of aromatic nitrogens is 1. The van der Waals surface area contributed by atoms with Crippen molar-refractivity contribution in [2.45, 2.75) is 32.2 Å². The van der Waals surface area contributed by atoms with Gasteiger partial charge in [-0.25, -0.2) is 4.99 Å². The van der Waals surface area contributed by atoms with E-state index in [1.807, 2.05) is 72.8 Å². The van der Waals surface area contributed by atoms with Crippen LogP contribution in [0.5, 0.6) is 0 Å². The number of para-hydroxylation sites is 2. The van der Waals surface area contributed by atoms with E-state index in [1.165, 1.54) is 33.0 Å². The molecule has 1 aliphatic carbocycles. The van der Waals surface area contributed by atoms with Crippen molar-refractivity contribution in [1.29, 1.82) is 0 Å². The molecule has 1 aliphatic rings. The van der Waals surface area contributed by atoms with Crippen LogP contribution in [-0.4, -0.2) is 16.2 Å². The summed E-state index contributed by atoms with van der Waals surface area (Å²) in [7, 11) is 0. The van der Waals surface area contributed by atoms with Crippen LogP contribution in [0, 0.1) is 0 Å². The number of nitrogens with two attached hydrogens (primary N) is 1. The Morgan fingerprint density at radius 2 is 1.28 bits per heavy atom. The van der Waals surface area contributed by atoms with E-state index in [0.29, 0.717) is 11.7 Å². The van der Waals surface area contributed by atoms with Crippen molar-refractivity contribution < 1.29 is 4.42 Å². The molecule has 0 amide bonds. The summed E-state index contributed by atoms with van der Waals surface area (Å²) >= 11 is 0. The maximum Gasteiger partial charge on any atom is 0.157 e. The van der Waals surface area contributed by atoms with Gasteiger partial charge in [0.05, 0.1) is 28.1 Å². The van der Waals surface area contributed by atoms with E-state index in [9.17, 15) is 0 Å². The minimum absolute atomic E-state index is 0.104. The maximum atomic E-state index is 6.66. The number of aliphatic imine (C=N–C) groups is 2. The molecule has 0 saturated heterocycles. The van der Waals surface area contributed by atoms with Gasteiger partial charge in [-0.05, 0) is 71.1 Å². The van der Waals surface area contributed by atoms with Crippen molar-refractivity contribution in [3.8, 4) is 16.8 Å². The van der Waals surface area contributed by atoms with Crippen LogP contribution < -0.4 is 5.73 Å². The molecule has 0 radical (unpaired) electrons. The van der Waals surface area contributed by atoms with Gasteiger partial charge in [0, 0.05) is 32.7 Å². The van der Waals surface area contributed by atoms with Crippen LogP contribution in [0.4, 0.5) is 0 Å². The zero-order valence-electron chi connectivity index (χ0n) is 30.4. The first-order valence-corrected chi connectivity index (χ1v) is 18.5. The van der Waals surface area contributed by atoms with Gasteiger partial charge < -0.3 is 14.7 Å². The van der Waals surface area contributed by atoms with E-state index in [-0.39, 0.29) is 11.5 Å². The Balaban J connectivity index is 1.24. The zero-order valence-corrected chi connectivity index (χ0v) is 30.4. The lowest BCUT2D eigenvalue weighted by atomic mass is 9.82. The number of nitrogens with zero attached hydrogens (tertiary/aromatic N) is 3. The van der Waals surface area contributed by atoms with Gasteiger partial charge in [-0.1, -0.05) is 135 Å². The molecule has 54 heavy (non-hydrogen) atoms.